The molecule has 1 heterocycles. The van der Waals surface area contributed by atoms with Crippen LogP contribution in [0.1, 0.15) is 27.2 Å². The molecule has 0 aliphatic carbocycles. The van der Waals surface area contributed by atoms with E-state index < -0.39 is 0 Å². The SMILES string of the molecule is CC(C)NC(C)[C@@H]1CCNC1. The second kappa shape index (κ2) is 4.07. The number of hydrogen-bond acceptors (Lipinski definition) is 2. The maximum atomic E-state index is 3.54. The second-order valence-corrected chi connectivity index (χ2v) is 3.86. The standard InChI is InChI=1S/C9H20N2/c1-7(2)11-8(3)9-4-5-10-6-9/h7-11H,4-6H2,1-3H3/t8?,9-/m1/s1. The topological polar surface area (TPSA) is 24.1 Å². The van der Waals surface area contributed by atoms with Gasteiger partial charge in [0.2, 0.25) is 0 Å². The van der Waals surface area contributed by atoms with Gasteiger partial charge in [0.25, 0.3) is 0 Å². The number of hydrogen-bond donors (Lipinski definition) is 2. The highest BCUT2D eigenvalue weighted by molar-refractivity contribution is 4.80. The summed E-state index contributed by atoms with van der Waals surface area (Å²) in [5.41, 5.74) is 0. The van der Waals surface area contributed by atoms with Crippen molar-refractivity contribution in [3.8, 4) is 0 Å². The molecule has 2 N–H and O–H groups in total. The van der Waals surface area contributed by atoms with Crippen LogP contribution in [0.15, 0.2) is 0 Å². The van der Waals surface area contributed by atoms with Crippen LogP contribution in [-0.4, -0.2) is 25.2 Å². The molecule has 0 radical (unpaired) electrons. The molecule has 1 aliphatic rings. The Hall–Kier alpha value is -0.0800. The van der Waals surface area contributed by atoms with E-state index in [1.807, 2.05) is 0 Å². The van der Waals surface area contributed by atoms with Crippen molar-refractivity contribution in [2.75, 3.05) is 13.1 Å². The Morgan fingerprint density at radius 3 is 2.55 bits per heavy atom. The fourth-order valence-corrected chi connectivity index (χ4v) is 1.77. The first-order valence-electron chi connectivity index (χ1n) is 4.67. The van der Waals surface area contributed by atoms with Crippen LogP contribution in [0.4, 0.5) is 0 Å². The molecule has 2 atom stereocenters. The third kappa shape index (κ3) is 2.80. The van der Waals surface area contributed by atoms with Gasteiger partial charge in [-0.2, -0.15) is 0 Å². The van der Waals surface area contributed by atoms with Crippen LogP contribution >= 0.6 is 0 Å². The first-order chi connectivity index (χ1) is 5.20. The fraction of sp³-hybridized carbons (Fsp3) is 1.00. The van der Waals surface area contributed by atoms with Gasteiger partial charge in [-0.15, -0.1) is 0 Å². The minimum Gasteiger partial charge on any atom is -0.316 e. The zero-order valence-electron chi connectivity index (χ0n) is 7.85. The van der Waals surface area contributed by atoms with Crippen LogP contribution in [0.3, 0.4) is 0 Å². The van der Waals surface area contributed by atoms with Crippen molar-refractivity contribution < 1.29 is 0 Å². The Morgan fingerprint density at radius 1 is 1.36 bits per heavy atom. The molecule has 0 aromatic heterocycles. The van der Waals surface area contributed by atoms with Crippen molar-refractivity contribution >= 4 is 0 Å². The summed E-state index contributed by atoms with van der Waals surface area (Å²) >= 11 is 0. The van der Waals surface area contributed by atoms with Gasteiger partial charge in [0.05, 0.1) is 0 Å². The fourth-order valence-electron chi connectivity index (χ4n) is 1.77. The molecule has 0 amide bonds. The maximum Gasteiger partial charge on any atom is 0.00819 e. The predicted molar refractivity (Wildman–Crippen MR) is 48.7 cm³/mol. The molecule has 0 aromatic carbocycles. The Kier molecular flexibility index (Phi) is 3.34. The van der Waals surface area contributed by atoms with E-state index in [-0.39, 0.29) is 0 Å². The van der Waals surface area contributed by atoms with Crippen molar-refractivity contribution in [2.24, 2.45) is 5.92 Å². The first-order valence-corrected chi connectivity index (χ1v) is 4.67. The monoisotopic (exact) mass is 156 g/mol. The molecule has 0 bridgehead atoms. The lowest BCUT2D eigenvalue weighted by Crippen LogP contribution is -2.38. The van der Waals surface area contributed by atoms with Gasteiger partial charge in [0.15, 0.2) is 0 Å². The van der Waals surface area contributed by atoms with E-state index in [4.69, 9.17) is 0 Å². The zero-order chi connectivity index (χ0) is 8.27. The van der Waals surface area contributed by atoms with Crippen molar-refractivity contribution in [3.63, 3.8) is 0 Å². The average molecular weight is 156 g/mol. The molecule has 2 nitrogen and oxygen atoms in total. The van der Waals surface area contributed by atoms with E-state index in [1.165, 1.54) is 19.5 Å². The molecule has 1 aliphatic heterocycles. The minimum atomic E-state index is 0.616. The molecule has 1 saturated heterocycles. The highest BCUT2D eigenvalue weighted by Gasteiger charge is 2.20. The lowest BCUT2D eigenvalue weighted by Gasteiger charge is -2.22. The molecular formula is C9H20N2. The first kappa shape index (κ1) is 9.01. The van der Waals surface area contributed by atoms with E-state index in [0.717, 1.165) is 5.92 Å². The van der Waals surface area contributed by atoms with E-state index in [0.29, 0.717) is 12.1 Å². The number of nitrogens with one attached hydrogen (secondary N) is 2. The highest BCUT2D eigenvalue weighted by atomic mass is 15.0. The molecule has 11 heavy (non-hydrogen) atoms. The maximum absolute atomic E-state index is 3.54. The Bertz CT molecular complexity index is 106. The normalized spacial score (nSPS) is 27.8. The van der Waals surface area contributed by atoms with Gasteiger partial charge in [0.1, 0.15) is 0 Å². The van der Waals surface area contributed by atoms with E-state index in [1.54, 1.807) is 0 Å². The van der Waals surface area contributed by atoms with Crippen LogP contribution < -0.4 is 10.6 Å². The van der Waals surface area contributed by atoms with Gasteiger partial charge >= 0.3 is 0 Å². The molecule has 0 spiro atoms. The second-order valence-electron chi connectivity index (χ2n) is 3.86. The van der Waals surface area contributed by atoms with Crippen LogP contribution in [0.25, 0.3) is 0 Å². The van der Waals surface area contributed by atoms with Crippen molar-refractivity contribution in [2.45, 2.75) is 39.3 Å². The predicted octanol–water partition coefficient (Wildman–Crippen LogP) is 0.982. The molecule has 66 valence electrons. The quantitative estimate of drug-likeness (QED) is 0.636. The van der Waals surface area contributed by atoms with Crippen molar-refractivity contribution in [1.82, 2.24) is 10.6 Å². The van der Waals surface area contributed by atoms with Gasteiger partial charge in [-0.1, -0.05) is 13.8 Å². The van der Waals surface area contributed by atoms with Gasteiger partial charge in [0, 0.05) is 12.1 Å². The Labute approximate surface area is 69.8 Å². The number of rotatable bonds is 3. The van der Waals surface area contributed by atoms with Crippen molar-refractivity contribution in [3.05, 3.63) is 0 Å². The summed E-state index contributed by atoms with van der Waals surface area (Å²) in [6.07, 6.45) is 1.33. The summed E-state index contributed by atoms with van der Waals surface area (Å²) < 4.78 is 0. The van der Waals surface area contributed by atoms with Gasteiger partial charge in [-0.25, -0.2) is 0 Å². The molecule has 2 heteroatoms. The van der Waals surface area contributed by atoms with E-state index in [2.05, 4.69) is 31.4 Å². The van der Waals surface area contributed by atoms with Gasteiger partial charge < -0.3 is 10.6 Å². The van der Waals surface area contributed by atoms with Gasteiger partial charge in [-0.05, 0) is 32.4 Å². The van der Waals surface area contributed by atoms with Crippen LogP contribution in [0, 0.1) is 5.92 Å². The highest BCUT2D eigenvalue weighted by Crippen LogP contribution is 2.12. The third-order valence-corrected chi connectivity index (χ3v) is 2.40. The largest absolute Gasteiger partial charge is 0.316 e. The van der Waals surface area contributed by atoms with Crippen LogP contribution in [0.2, 0.25) is 0 Å². The lowest BCUT2D eigenvalue weighted by molar-refractivity contribution is 0.373. The summed E-state index contributed by atoms with van der Waals surface area (Å²) in [4.78, 5) is 0. The van der Waals surface area contributed by atoms with Crippen LogP contribution in [0.5, 0.6) is 0 Å². The zero-order valence-corrected chi connectivity index (χ0v) is 7.85. The molecule has 0 saturated carbocycles. The summed E-state index contributed by atoms with van der Waals surface area (Å²) in [7, 11) is 0. The smallest absolute Gasteiger partial charge is 0.00819 e. The average Bonchev–Trinajstić information content (AvgIpc) is 2.35. The molecule has 1 unspecified atom stereocenters. The summed E-state index contributed by atoms with van der Waals surface area (Å²) in [6, 6.07) is 1.29. The lowest BCUT2D eigenvalue weighted by atomic mass is 10.0. The summed E-state index contributed by atoms with van der Waals surface area (Å²) in [6.45, 7) is 9.10. The van der Waals surface area contributed by atoms with Crippen LogP contribution in [-0.2, 0) is 0 Å². The minimum absolute atomic E-state index is 0.616. The Morgan fingerprint density at radius 2 is 2.09 bits per heavy atom. The summed E-state index contributed by atoms with van der Waals surface area (Å²) in [5.74, 6) is 0.845. The van der Waals surface area contributed by atoms with E-state index >= 15 is 0 Å². The molecule has 0 aromatic rings. The van der Waals surface area contributed by atoms with Crippen molar-refractivity contribution in [1.29, 1.82) is 0 Å². The Balaban J connectivity index is 2.22. The molecule has 1 rings (SSSR count). The molecule has 1 fully saturated rings. The van der Waals surface area contributed by atoms with Gasteiger partial charge in [-0.3, -0.25) is 0 Å². The van der Waals surface area contributed by atoms with E-state index in [9.17, 15) is 0 Å². The summed E-state index contributed by atoms with van der Waals surface area (Å²) in [5, 5.41) is 6.93. The molecular weight excluding hydrogens is 136 g/mol. The third-order valence-electron chi connectivity index (χ3n) is 2.40.